The molecule has 0 saturated heterocycles. The van der Waals surface area contributed by atoms with Crippen LogP contribution in [0.15, 0.2) is 4.99 Å². The van der Waals surface area contributed by atoms with Gasteiger partial charge < -0.3 is 3.83 Å². The third-order valence-electron chi connectivity index (χ3n) is 0.145. The monoisotopic (exact) mass is 137 g/mol. The molecule has 0 fully saturated rings. The Morgan fingerprint density at radius 1 is 2.00 bits per heavy atom. The lowest BCUT2D eigenvalue weighted by atomic mass is 11.4. The quantitative estimate of drug-likeness (QED) is 0.390. The van der Waals surface area contributed by atoms with Crippen LogP contribution in [0.25, 0.3) is 0 Å². The Morgan fingerprint density at radius 2 is 2.60 bits per heavy atom. The van der Waals surface area contributed by atoms with Gasteiger partial charge in [0, 0.05) is 7.05 Å². The van der Waals surface area contributed by atoms with Gasteiger partial charge in [-0.15, -0.1) is 0 Å². The van der Waals surface area contributed by atoms with Crippen molar-refractivity contribution in [1.82, 2.24) is 0 Å². The highest BCUT2D eigenvalue weighted by atomic mass is 79.9. The van der Waals surface area contributed by atoms with Crippen LogP contribution in [-0.4, -0.2) is 13.4 Å². The van der Waals surface area contributed by atoms with Crippen molar-refractivity contribution in [2.75, 3.05) is 7.05 Å². The number of aliphatic imine (C=N–C) groups is 1. The molecule has 0 radical (unpaired) electrons. The molecular formula is C2H4BrNO. The molecule has 0 saturated carbocycles. The van der Waals surface area contributed by atoms with Crippen LogP contribution >= 0.6 is 16.3 Å². The Kier molecular flexibility index (Phi) is 3.91. The molecule has 0 aromatic rings. The second-order valence-corrected chi connectivity index (χ2v) is 0.827. The molecule has 0 aliphatic rings. The molecule has 0 spiro atoms. The normalized spacial score (nSPS) is 9.20. The fourth-order valence-corrected chi connectivity index (χ4v) is 0.207. The third kappa shape index (κ3) is 3.95. The number of hydrogen-bond acceptors (Lipinski definition) is 2. The molecule has 0 aromatic heterocycles. The molecule has 0 heterocycles. The first kappa shape index (κ1) is 4.95. The van der Waals surface area contributed by atoms with Crippen LogP contribution < -0.4 is 0 Å². The summed E-state index contributed by atoms with van der Waals surface area (Å²) < 4.78 is 4.21. The van der Waals surface area contributed by atoms with Crippen molar-refractivity contribution < 1.29 is 3.83 Å². The standard InChI is InChI=1S/C2H4BrNO/c1-4-2-5-3/h2H,1H3. The first-order valence-electron chi connectivity index (χ1n) is 1.10. The molecule has 2 nitrogen and oxygen atoms in total. The SMILES string of the molecule is CN=COBr. The molecule has 0 unspecified atom stereocenters. The zero-order valence-corrected chi connectivity index (χ0v) is 4.40. The van der Waals surface area contributed by atoms with E-state index in [1.165, 1.54) is 6.40 Å². The molecule has 0 bridgehead atoms. The molecule has 0 aromatic carbocycles. The Morgan fingerprint density at radius 3 is 2.60 bits per heavy atom. The molecule has 0 aliphatic carbocycles. The molecule has 5 heavy (non-hydrogen) atoms. The van der Waals surface area contributed by atoms with E-state index in [2.05, 4.69) is 25.1 Å². The predicted octanol–water partition coefficient (Wildman–Crippen LogP) is 0.971. The van der Waals surface area contributed by atoms with Gasteiger partial charge in [0.05, 0.1) is 0 Å². The summed E-state index contributed by atoms with van der Waals surface area (Å²) in [5.74, 6) is 0. The van der Waals surface area contributed by atoms with Crippen molar-refractivity contribution in [2.24, 2.45) is 4.99 Å². The van der Waals surface area contributed by atoms with Crippen LogP contribution in [0.4, 0.5) is 0 Å². The molecule has 0 rings (SSSR count). The van der Waals surface area contributed by atoms with E-state index in [1.807, 2.05) is 0 Å². The van der Waals surface area contributed by atoms with Crippen molar-refractivity contribution in [2.45, 2.75) is 0 Å². The molecule has 3 heteroatoms. The van der Waals surface area contributed by atoms with Gasteiger partial charge in [-0.1, -0.05) is 0 Å². The van der Waals surface area contributed by atoms with Gasteiger partial charge in [0.15, 0.2) is 22.7 Å². The minimum absolute atomic E-state index is 1.29. The van der Waals surface area contributed by atoms with E-state index in [-0.39, 0.29) is 0 Å². The first-order chi connectivity index (χ1) is 2.41. The summed E-state index contributed by atoms with van der Waals surface area (Å²) in [6.07, 6.45) is 1.29. The number of nitrogens with zero attached hydrogens (tertiary/aromatic N) is 1. The predicted molar refractivity (Wildman–Crippen MR) is 24.4 cm³/mol. The van der Waals surface area contributed by atoms with E-state index >= 15 is 0 Å². The summed E-state index contributed by atoms with van der Waals surface area (Å²) in [5.41, 5.74) is 0. The van der Waals surface area contributed by atoms with Crippen LogP contribution in [0.2, 0.25) is 0 Å². The minimum Gasteiger partial charge on any atom is -0.406 e. The highest BCUT2D eigenvalue weighted by Crippen LogP contribution is 1.73. The molecule has 0 aliphatic heterocycles. The first-order valence-corrected chi connectivity index (χ1v) is 1.74. The van der Waals surface area contributed by atoms with Gasteiger partial charge in [-0.25, -0.2) is 0 Å². The van der Waals surface area contributed by atoms with E-state index in [0.717, 1.165) is 0 Å². The van der Waals surface area contributed by atoms with Crippen molar-refractivity contribution in [1.29, 1.82) is 0 Å². The van der Waals surface area contributed by atoms with Gasteiger partial charge >= 0.3 is 0 Å². The molecular weight excluding hydrogens is 134 g/mol. The van der Waals surface area contributed by atoms with Crippen LogP contribution in [0.5, 0.6) is 0 Å². The topological polar surface area (TPSA) is 21.6 Å². The third-order valence-corrected chi connectivity index (χ3v) is 0.312. The molecule has 30 valence electrons. The summed E-state index contributed by atoms with van der Waals surface area (Å²) in [7, 11) is 1.63. The summed E-state index contributed by atoms with van der Waals surface area (Å²) in [6, 6.07) is 0. The maximum Gasteiger partial charge on any atom is 0.185 e. The van der Waals surface area contributed by atoms with E-state index in [1.54, 1.807) is 7.05 Å². The fraction of sp³-hybridized carbons (Fsp3) is 0.500. The Balaban J connectivity index is 2.62. The van der Waals surface area contributed by atoms with Crippen LogP contribution in [0, 0.1) is 0 Å². The van der Waals surface area contributed by atoms with E-state index < -0.39 is 0 Å². The highest BCUT2D eigenvalue weighted by molar-refractivity contribution is 9.06. The van der Waals surface area contributed by atoms with Crippen LogP contribution in [0.3, 0.4) is 0 Å². The molecule has 0 amide bonds. The van der Waals surface area contributed by atoms with E-state index in [9.17, 15) is 0 Å². The molecule has 0 atom stereocenters. The number of rotatable bonds is 1. The van der Waals surface area contributed by atoms with Gasteiger partial charge in [-0.05, 0) is 0 Å². The Labute approximate surface area is 39.3 Å². The van der Waals surface area contributed by atoms with Gasteiger partial charge in [0.2, 0.25) is 0 Å². The van der Waals surface area contributed by atoms with Crippen molar-refractivity contribution >= 4 is 22.7 Å². The smallest absolute Gasteiger partial charge is 0.185 e. The van der Waals surface area contributed by atoms with Crippen molar-refractivity contribution in [3.05, 3.63) is 0 Å². The lowest BCUT2D eigenvalue weighted by Gasteiger charge is -1.70. The molecule has 0 N–H and O–H groups in total. The Hall–Kier alpha value is -0.0500. The fourth-order valence-electron chi connectivity index (χ4n) is 0.0398. The zero-order chi connectivity index (χ0) is 4.12. The second kappa shape index (κ2) is 3.95. The highest BCUT2D eigenvalue weighted by Gasteiger charge is 1.51. The van der Waals surface area contributed by atoms with Crippen molar-refractivity contribution in [3.63, 3.8) is 0 Å². The maximum absolute atomic E-state index is 4.21. The summed E-state index contributed by atoms with van der Waals surface area (Å²) >= 11 is 2.66. The summed E-state index contributed by atoms with van der Waals surface area (Å²) in [6.45, 7) is 0. The maximum atomic E-state index is 4.21. The second-order valence-electron chi connectivity index (χ2n) is 0.453. The zero-order valence-electron chi connectivity index (χ0n) is 2.81. The van der Waals surface area contributed by atoms with E-state index in [0.29, 0.717) is 0 Å². The number of hydrogen-bond donors (Lipinski definition) is 0. The van der Waals surface area contributed by atoms with E-state index in [4.69, 9.17) is 0 Å². The Bertz CT molecular complexity index is 36.6. The summed E-state index contributed by atoms with van der Waals surface area (Å²) in [5, 5.41) is 0. The number of halogens is 1. The summed E-state index contributed by atoms with van der Waals surface area (Å²) in [4.78, 5) is 3.46. The van der Waals surface area contributed by atoms with Crippen LogP contribution in [-0.2, 0) is 3.83 Å². The van der Waals surface area contributed by atoms with Gasteiger partial charge in [-0.3, -0.25) is 4.99 Å². The van der Waals surface area contributed by atoms with Crippen LogP contribution in [0.1, 0.15) is 0 Å². The average molecular weight is 138 g/mol. The van der Waals surface area contributed by atoms with Gasteiger partial charge in [0.25, 0.3) is 0 Å². The van der Waals surface area contributed by atoms with Gasteiger partial charge in [0.1, 0.15) is 0 Å². The average Bonchev–Trinajstić information content (AvgIpc) is 1.41. The lowest BCUT2D eigenvalue weighted by Crippen LogP contribution is -1.61. The van der Waals surface area contributed by atoms with Gasteiger partial charge in [-0.2, -0.15) is 0 Å². The lowest BCUT2D eigenvalue weighted by molar-refractivity contribution is 0.707. The minimum atomic E-state index is 1.29. The largest absolute Gasteiger partial charge is 0.406 e. The van der Waals surface area contributed by atoms with Crippen molar-refractivity contribution in [3.8, 4) is 0 Å².